The molecule has 0 bridgehead atoms. The summed E-state index contributed by atoms with van der Waals surface area (Å²) in [6, 6.07) is 4.37. The van der Waals surface area contributed by atoms with E-state index in [-0.39, 0.29) is 0 Å². The highest BCUT2D eigenvalue weighted by Crippen LogP contribution is 2.35. The summed E-state index contributed by atoms with van der Waals surface area (Å²) >= 11 is 2.55. The van der Waals surface area contributed by atoms with E-state index in [0.29, 0.717) is 5.92 Å². The van der Waals surface area contributed by atoms with Gasteiger partial charge in [-0.1, -0.05) is 13.8 Å². The molecule has 4 nitrogen and oxygen atoms in total. The van der Waals surface area contributed by atoms with Gasteiger partial charge in [0, 0.05) is 10.8 Å². The van der Waals surface area contributed by atoms with Crippen LogP contribution in [0.25, 0.3) is 32.8 Å². The lowest BCUT2D eigenvalue weighted by molar-refractivity contribution is 0.876. The van der Waals surface area contributed by atoms with Gasteiger partial charge in [0.25, 0.3) is 0 Å². The van der Waals surface area contributed by atoms with E-state index in [2.05, 4.69) is 50.4 Å². The first-order valence-corrected chi connectivity index (χ1v) is 7.93. The lowest BCUT2D eigenvalue weighted by atomic mass is 9.95. The number of hydrogen-bond donors (Lipinski definition) is 0. The normalized spacial score (nSPS) is 12.2. The molecule has 2 aromatic carbocycles. The van der Waals surface area contributed by atoms with Crippen molar-refractivity contribution in [1.82, 2.24) is 17.5 Å². The minimum atomic E-state index is 0.411. The van der Waals surface area contributed by atoms with E-state index in [0.717, 1.165) is 38.4 Å². The van der Waals surface area contributed by atoms with E-state index >= 15 is 0 Å². The van der Waals surface area contributed by atoms with Crippen LogP contribution in [-0.4, -0.2) is 17.5 Å². The average molecular weight is 300 g/mol. The molecular weight excluding hydrogens is 288 g/mol. The van der Waals surface area contributed by atoms with Gasteiger partial charge in [-0.15, -0.1) is 0 Å². The number of aromatic nitrogens is 4. The summed E-state index contributed by atoms with van der Waals surface area (Å²) in [7, 11) is 0. The molecule has 0 amide bonds. The predicted octanol–water partition coefficient (Wildman–Crippen LogP) is 4.28. The van der Waals surface area contributed by atoms with Gasteiger partial charge >= 0.3 is 0 Å². The molecule has 0 saturated carbocycles. The Morgan fingerprint density at radius 3 is 2.05 bits per heavy atom. The van der Waals surface area contributed by atoms with Crippen molar-refractivity contribution in [3.05, 3.63) is 23.3 Å². The first-order chi connectivity index (χ1) is 9.66. The lowest BCUT2D eigenvalue weighted by Gasteiger charge is -2.09. The summed E-state index contributed by atoms with van der Waals surface area (Å²) < 4.78 is 17.9. The molecule has 0 atom stereocenters. The number of fused-ring (bicyclic) bond motifs is 5. The van der Waals surface area contributed by atoms with Crippen LogP contribution in [0.15, 0.2) is 12.1 Å². The summed E-state index contributed by atoms with van der Waals surface area (Å²) in [5.41, 5.74) is 6.39. The van der Waals surface area contributed by atoms with Gasteiger partial charge in [-0.3, -0.25) is 0 Å². The van der Waals surface area contributed by atoms with Gasteiger partial charge in [0.2, 0.25) is 0 Å². The quantitative estimate of drug-likeness (QED) is 0.526. The Hall–Kier alpha value is -1.66. The molecule has 6 heteroatoms. The van der Waals surface area contributed by atoms with E-state index in [1.807, 2.05) is 0 Å². The van der Waals surface area contributed by atoms with Crippen LogP contribution < -0.4 is 0 Å². The third-order valence-corrected chi connectivity index (χ3v) is 4.76. The van der Waals surface area contributed by atoms with Gasteiger partial charge in [0.1, 0.15) is 22.1 Å². The third kappa shape index (κ3) is 1.52. The highest BCUT2D eigenvalue weighted by molar-refractivity contribution is 7.00. The zero-order valence-corrected chi connectivity index (χ0v) is 13.0. The van der Waals surface area contributed by atoms with Crippen LogP contribution in [0.3, 0.4) is 0 Å². The molecule has 100 valence electrons. The molecule has 0 aliphatic carbocycles. The Morgan fingerprint density at radius 1 is 0.800 bits per heavy atom. The summed E-state index contributed by atoms with van der Waals surface area (Å²) in [6.07, 6.45) is 0. The second-order valence-corrected chi connectivity index (χ2v) is 6.39. The van der Waals surface area contributed by atoms with E-state index in [1.165, 1.54) is 29.0 Å². The minimum Gasteiger partial charge on any atom is -0.173 e. The van der Waals surface area contributed by atoms with Crippen molar-refractivity contribution >= 4 is 56.3 Å². The Labute approximate surface area is 124 Å². The van der Waals surface area contributed by atoms with Crippen molar-refractivity contribution in [2.24, 2.45) is 0 Å². The van der Waals surface area contributed by atoms with Crippen LogP contribution in [0.5, 0.6) is 0 Å². The summed E-state index contributed by atoms with van der Waals surface area (Å²) in [6.45, 7) is 6.44. The van der Waals surface area contributed by atoms with E-state index in [1.54, 1.807) is 0 Å². The minimum absolute atomic E-state index is 0.411. The van der Waals surface area contributed by atoms with E-state index in [9.17, 15) is 0 Å². The molecule has 0 fully saturated rings. The van der Waals surface area contributed by atoms with Gasteiger partial charge in [0.15, 0.2) is 0 Å². The van der Waals surface area contributed by atoms with Crippen molar-refractivity contribution < 1.29 is 0 Å². The number of hydrogen-bond acceptors (Lipinski definition) is 6. The van der Waals surface area contributed by atoms with Crippen molar-refractivity contribution in [2.75, 3.05) is 0 Å². The Kier molecular flexibility index (Phi) is 2.52. The van der Waals surface area contributed by atoms with Crippen LogP contribution in [0.4, 0.5) is 0 Å². The molecule has 0 N–H and O–H groups in total. The zero-order chi connectivity index (χ0) is 13.9. The monoisotopic (exact) mass is 300 g/mol. The molecular formula is C14H12N4S2. The summed E-state index contributed by atoms with van der Waals surface area (Å²) in [4.78, 5) is 0. The van der Waals surface area contributed by atoms with Crippen LogP contribution in [0.2, 0.25) is 0 Å². The lowest BCUT2D eigenvalue weighted by Crippen LogP contribution is -1.92. The fraction of sp³-hybridized carbons (Fsp3) is 0.286. The van der Waals surface area contributed by atoms with Gasteiger partial charge < -0.3 is 0 Å². The molecule has 0 unspecified atom stereocenters. The Morgan fingerprint density at radius 2 is 1.35 bits per heavy atom. The summed E-state index contributed by atoms with van der Waals surface area (Å²) in [5.74, 6) is 0.411. The smallest absolute Gasteiger partial charge is 0.112 e. The maximum Gasteiger partial charge on any atom is 0.112 e. The Bertz CT molecular complexity index is 952. The second kappa shape index (κ2) is 4.17. The SMILES string of the molecule is Cc1cc2c(cc(C(C)C)c3nsnc32)c2nsnc12. The maximum atomic E-state index is 4.51. The maximum absolute atomic E-state index is 4.51. The molecule has 4 aromatic rings. The van der Waals surface area contributed by atoms with Gasteiger partial charge in [-0.05, 0) is 36.1 Å². The third-order valence-electron chi connectivity index (χ3n) is 3.71. The van der Waals surface area contributed by atoms with Gasteiger partial charge in [-0.25, -0.2) is 0 Å². The van der Waals surface area contributed by atoms with Crippen LogP contribution in [0.1, 0.15) is 30.9 Å². The van der Waals surface area contributed by atoms with Crippen molar-refractivity contribution in [3.8, 4) is 0 Å². The standard InChI is InChI=1S/C14H12N4S2/c1-6(2)8-5-10-9(14-12(8)16-20-18-14)4-7(3)11-13(10)17-19-15-11/h4-6H,1-3H3. The Balaban J connectivity index is 2.32. The molecule has 2 heterocycles. The van der Waals surface area contributed by atoms with Crippen LogP contribution in [-0.2, 0) is 0 Å². The molecule has 0 spiro atoms. The topological polar surface area (TPSA) is 51.6 Å². The molecule has 20 heavy (non-hydrogen) atoms. The summed E-state index contributed by atoms with van der Waals surface area (Å²) in [5, 5.41) is 2.28. The van der Waals surface area contributed by atoms with Gasteiger partial charge in [0.05, 0.1) is 23.5 Å². The fourth-order valence-electron chi connectivity index (χ4n) is 2.67. The number of rotatable bonds is 1. The van der Waals surface area contributed by atoms with E-state index < -0.39 is 0 Å². The van der Waals surface area contributed by atoms with Crippen molar-refractivity contribution in [2.45, 2.75) is 26.7 Å². The molecule has 0 radical (unpaired) electrons. The first kappa shape index (κ1) is 12.1. The first-order valence-electron chi connectivity index (χ1n) is 6.47. The largest absolute Gasteiger partial charge is 0.173 e. The molecule has 0 aliphatic heterocycles. The van der Waals surface area contributed by atoms with Crippen molar-refractivity contribution in [3.63, 3.8) is 0 Å². The number of nitrogens with zero attached hydrogens (tertiary/aromatic N) is 4. The number of benzene rings is 2. The molecule has 0 aliphatic rings. The van der Waals surface area contributed by atoms with Crippen LogP contribution >= 0.6 is 23.5 Å². The van der Waals surface area contributed by atoms with Crippen LogP contribution in [0, 0.1) is 6.92 Å². The highest BCUT2D eigenvalue weighted by Gasteiger charge is 2.17. The number of aryl methyl sites for hydroxylation is 1. The highest BCUT2D eigenvalue weighted by atomic mass is 32.1. The average Bonchev–Trinajstić information content (AvgIpc) is 3.07. The van der Waals surface area contributed by atoms with E-state index in [4.69, 9.17) is 0 Å². The predicted molar refractivity (Wildman–Crippen MR) is 84.7 cm³/mol. The van der Waals surface area contributed by atoms with Crippen molar-refractivity contribution in [1.29, 1.82) is 0 Å². The molecule has 0 saturated heterocycles. The zero-order valence-electron chi connectivity index (χ0n) is 11.3. The second-order valence-electron chi connectivity index (χ2n) is 5.33. The van der Waals surface area contributed by atoms with Gasteiger partial charge in [-0.2, -0.15) is 17.5 Å². The fourth-order valence-corrected chi connectivity index (χ4v) is 3.88. The molecule has 4 rings (SSSR count). The molecule has 2 aromatic heterocycles.